The van der Waals surface area contributed by atoms with Crippen LogP contribution in [0.3, 0.4) is 0 Å². The smallest absolute Gasteiger partial charge is 0.240 e. The number of hydrogen-bond donors (Lipinski definition) is 2. The first-order valence-electron chi connectivity index (χ1n) is 9.00. The number of rotatable bonds is 5. The summed E-state index contributed by atoms with van der Waals surface area (Å²) in [6.07, 6.45) is 5.12. The number of halogens is 1. The molecule has 1 aliphatic rings. The predicted molar refractivity (Wildman–Crippen MR) is 109 cm³/mol. The molecule has 0 spiro atoms. The van der Waals surface area contributed by atoms with Gasteiger partial charge in [0.05, 0.1) is 10.6 Å². The van der Waals surface area contributed by atoms with Crippen molar-refractivity contribution in [2.45, 2.75) is 23.8 Å². The molecule has 146 valence electrons. The Hall–Kier alpha value is -2.42. The summed E-state index contributed by atoms with van der Waals surface area (Å²) in [5, 5.41) is 7.84. The quantitative estimate of drug-likeness (QED) is 0.665. The van der Waals surface area contributed by atoms with Crippen LogP contribution in [-0.4, -0.2) is 42.7 Å². The fourth-order valence-corrected chi connectivity index (χ4v) is 4.92. The SMILES string of the molecule is O=S(=O)(N[C@@H]1CCCN(c2cc(-c3ccncc3)[nH]n2)C1)c1cccc(Cl)c1. The molecule has 1 aromatic carbocycles. The van der Waals surface area contributed by atoms with Gasteiger partial charge in [0, 0.05) is 48.2 Å². The Balaban J connectivity index is 1.47. The highest BCUT2D eigenvalue weighted by Gasteiger charge is 2.26. The summed E-state index contributed by atoms with van der Waals surface area (Å²) in [6.45, 7) is 1.39. The van der Waals surface area contributed by atoms with Crippen LogP contribution in [0.2, 0.25) is 5.02 Å². The Kier molecular flexibility index (Phi) is 5.34. The van der Waals surface area contributed by atoms with Crippen molar-refractivity contribution in [3.8, 4) is 11.3 Å². The maximum absolute atomic E-state index is 12.7. The minimum absolute atomic E-state index is 0.178. The molecular formula is C19H20ClN5O2S. The Bertz CT molecular complexity index is 1050. The summed E-state index contributed by atoms with van der Waals surface area (Å²) in [4.78, 5) is 6.29. The zero-order chi connectivity index (χ0) is 19.6. The van der Waals surface area contributed by atoms with Crippen molar-refractivity contribution >= 4 is 27.4 Å². The van der Waals surface area contributed by atoms with Crippen LogP contribution in [0.4, 0.5) is 5.82 Å². The number of benzene rings is 1. The van der Waals surface area contributed by atoms with Crippen LogP contribution >= 0.6 is 11.6 Å². The first-order chi connectivity index (χ1) is 13.5. The summed E-state index contributed by atoms with van der Waals surface area (Å²) >= 11 is 5.93. The molecular weight excluding hydrogens is 398 g/mol. The van der Waals surface area contributed by atoms with Gasteiger partial charge in [-0.05, 0) is 43.2 Å². The van der Waals surface area contributed by atoms with E-state index in [1.54, 1.807) is 30.6 Å². The van der Waals surface area contributed by atoms with Crippen molar-refractivity contribution in [1.29, 1.82) is 0 Å². The van der Waals surface area contributed by atoms with Gasteiger partial charge in [0.25, 0.3) is 0 Å². The van der Waals surface area contributed by atoms with Gasteiger partial charge in [-0.2, -0.15) is 5.10 Å². The second-order valence-electron chi connectivity index (χ2n) is 6.74. The lowest BCUT2D eigenvalue weighted by Gasteiger charge is -2.33. The number of H-pyrrole nitrogens is 1. The normalized spacial score (nSPS) is 17.6. The standard InChI is InChI=1S/C19H20ClN5O2S/c20-15-3-1-5-17(11-15)28(26,27)24-16-4-2-10-25(13-16)19-12-18(22-23-19)14-6-8-21-9-7-14/h1,3,5-9,11-12,16,24H,2,4,10,13H2,(H,22,23)/t16-/m1/s1. The number of nitrogens with one attached hydrogen (secondary N) is 2. The average molecular weight is 418 g/mol. The zero-order valence-electron chi connectivity index (χ0n) is 15.0. The average Bonchev–Trinajstić information content (AvgIpc) is 3.19. The maximum Gasteiger partial charge on any atom is 0.240 e. The van der Waals surface area contributed by atoms with E-state index in [-0.39, 0.29) is 10.9 Å². The van der Waals surface area contributed by atoms with E-state index in [1.165, 1.54) is 6.07 Å². The molecule has 2 N–H and O–H groups in total. The molecule has 0 unspecified atom stereocenters. The molecule has 1 fully saturated rings. The molecule has 1 aliphatic heterocycles. The molecule has 0 aliphatic carbocycles. The fraction of sp³-hybridized carbons (Fsp3) is 0.263. The molecule has 0 saturated carbocycles. The second kappa shape index (κ2) is 7.90. The molecule has 1 saturated heterocycles. The maximum atomic E-state index is 12.7. The number of pyridine rings is 1. The van der Waals surface area contributed by atoms with E-state index >= 15 is 0 Å². The van der Waals surface area contributed by atoms with Gasteiger partial charge in [-0.15, -0.1) is 0 Å². The van der Waals surface area contributed by atoms with Crippen LogP contribution in [0.15, 0.2) is 59.8 Å². The lowest BCUT2D eigenvalue weighted by molar-refractivity contribution is 0.464. The number of aromatic nitrogens is 3. The van der Waals surface area contributed by atoms with Crippen molar-refractivity contribution in [3.63, 3.8) is 0 Å². The highest BCUT2D eigenvalue weighted by molar-refractivity contribution is 7.89. The molecule has 0 bridgehead atoms. The number of sulfonamides is 1. The first kappa shape index (κ1) is 18.9. The Morgan fingerprint density at radius 1 is 1.18 bits per heavy atom. The highest BCUT2D eigenvalue weighted by Crippen LogP contribution is 2.24. The van der Waals surface area contributed by atoms with Crippen LogP contribution in [0, 0.1) is 0 Å². The largest absolute Gasteiger partial charge is 0.354 e. The van der Waals surface area contributed by atoms with Crippen molar-refractivity contribution in [1.82, 2.24) is 19.9 Å². The third-order valence-corrected chi connectivity index (χ3v) is 6.48. The molecule has 0 amide bonds. The van der Waals surface area contributed by atoms with E-state index < -0.39 is 10.0 Å². The van der Waals surface area contributed by atoms with E-state index in [9.17, 15) is 8.42 Å². The van der Waals surface area contributed by atoms with Crippen molar-refractivity contribution in [2.75, 3.05) is 18.0 Å². The van der Waals surface area contributed by atoms with Gasteiger partial charge in [0.15, 0.2) is 5.82 Å². The molecule has 3 aromatic rings. The summed E-state index contributed by atoms with van der Waals surface area (Å²) < 4.78 is 28.1. The van der Waals surface area contributed by atoms with Crippen LogP contribution in [-0.2, 0) is 10.0 Å². The van der Waals surface area contributed by atoms with Gasteiger partial charge in [-0.25, -0.2) is 13.1 Å². The van der Waals surface area contributed by atoms with Crippen molar-refractivity contribution in [2.24, 2.45) is 0 Å². The summed E-state index contributed by atoms with van der Waals surface area (Å²) in [7, 11) is -3.62. The fourth-order valence-electron chi connectivity index (χ4n) is 3.36. The molecule has 2 aromatic heterocycles. The van der Waals surface area contributed by atoms with Crippen LogP contribution < -0.4 is 9.62 Å². The molecule has 3 heterocycles. The minimum Gasteiger partial charge on any atom is -0.354 e. The van der Waals surface area contributed by atoms with Crippen LogP contribution in [0.1, 0.15) is 12.8 Å². The Morgan fingerprint density at radius 2 is 2.00 bits per heavy atom. The monoisotopic (exact) mass is 417 g/mol. The van der Waals surface area contributed by atoms with E-state index in [4.69, 9.17) is 11.6 Å². The number of aromatic amines is 1. The first-order valence-corrected chi connectivity index (χ1v) is 10.9. The number of nitrogens with zero attached hydrogens (tertiary/aromatic N) is 3. The number of piperidine rings is 1. The van der Waals surface area contributed by atoms with Gasteiger partial charge >= 0.3 is 0 Å². The highest BCUT2D eigenvalue weighted by atomic mass is 35.5. The third-order valence-electron chi connectivity index (χ3n) is 4.73. The number of hydrogen-bond acceptors (Lipinski definition) is 5. The molecule has 7 nitrogen and oxygen atoms in total. The minimum atomic E-state index is -3.62. The molecule has 4 rings (SSSR count). The summed E-state index contributed by atoms with van der Waals surface area (Å²) in [5.74, 6) is 0.804. The molecule has 1 atom stereocenters. The van der Waals surface area contributed by atoms with Crippen LogP contribution in [0.25, 0.3) is 11.3 Å². The Morgan fingerprint density at radius 3 is 2.79 bits per heavy atom. The van der Waals surface area contributed by atoms with E-state index in [2.05, 4.69) is 24.8 Å². The van der Waals surface area contributed by atoms with Crippen LogP contribution in [0.5, 0.6) is 0 Å². The molecule has 0 radical (unpaired) electrons. The van der Waals surface area contributed by atoms with Gasteiger partial charge in [-0.1, -0.05) is 17.7 Å². The lowest BCUT2D eigenvalue weighted by Crippen LogP contribution is -2.47. The molecule has 28 heavy (non-hydrogen) atoms. The van der Waals surface area contributed by atoms with E-state index in [0.29, 0.717) is 11.6 Å². The van der Waals surface area contributed by atoms with Crippen molar-refractivity contribution in [3.05, 3.63) is 59.9 Å². The second-order valence-corrected chi connectivity index (χ2v) is 8.89. The van der Waals surface area contributed by atoms with E-state index in [0.717, 1.165) is 36.5 Å². The van der Waals surface area contributed by atoms with Gasteiger partial charge in [0.1, 0.15) is 0 Å². The van der Waals surface area contributed by atoms with Gasteiger partial charge < -0.3 is 4.90 Å². The summed E-state index contributed by atoms with van der Waals surface area (Å²) in [5.41, 5.74) is 1.91. The van der Waals surface area contributed by atoms with Gasteiger partial charge in [-0.3, -0.25) is 10.1 Å². The van der Waals surface area contributed by atoms with Crippen molar-refractivity contribution < 1.29 is 8.42 Å². The zero-order valence-corrected chi connectivity index (χ0v) is 16.6. The Labute approximate surface area is 168 Å². The third kappa shape index (κ3) is 4.19. The number of anilines is 1. The topological polar surface area (TPSA) is 91.0 Å². The predicted octanol–water partition coefficient (Wildman–Crippen LogP) is 3.07. The lowest BCUT2D eigenvalue weighted by atomic mass is 10.1. The summed E-state index contributed by atoms with van der Waals surface area (Å²) in [6, 6.07) is 11.9. The molecule has 9 heteroatoms. The van der Waals surface area contributed by atoms with Gasteiger partial charge in [0.2, 0.25) is 10.0 Å². The van der Waals surface area contributed by atoms with E-state index in [1.807, 2.05) is 18.2 Å².